The predicted octanol–water partition coefficient (Wildman–Crippen LogP) is 6.84. The number of nitrogens with zero attached hydrogens (tertiary/aromatic N) is 3. The van der Waals surface area contributed by atoms with Gasteiger partial charge in [0.2, 0.25) is 5.91 Å². The number of rotatable bonds is 11. The van der Waals surface area contributed by atoms with Crippen molar-refractivity contribution in [1.29, 1.82) is 0 Å². The fourth-order valence-electron chi connectivity index (χ4n) is 3.96. The van der Waals surface area contributed by atoms with Crippen LogP contribution in [0, 0.1) is 6.92 Å². The smallest absolute Gasteiger partial charge is 0.220 e. The highest BCUT2D eigenvalue weighted by molar-refractivity contribution is 6.33. The van der Waals surface area contributed by atoms with Gasteiger partial charge in [0.05, 0.1) is 16.8 Å². The zero-order valence-corrected chi connectivity index (χ0v) is 22.1. The molecule has 2 aromatic heterocycles. The lowest BCUT2D eigenvalue weighted by Crippen LogP contribution is -2.33. The number of unbranched alkanes of at least 4 members (excludes halogenated alkanes) is 1. The van der Waals surface area contributed by atoms with E-state index in [2.05, 4.69) is 37.7 Å². The number of carbonyl (C=O) groups is 1. The van der Waals surface area contributed by atoms with Crippen LogP contribution in [0.5, 0.6) is 0 Å². The van der Waals surface area contributed by atoms with E-state index in [-0.39, 0.29) is 11.9 Å². The van der Waals surface area contributed by atoms with Gasteiger partial charge in [-0.05, 0) is 49.4 Å². The van der Waals surface area contributed by atoms with Gasteiger partial charge in [-0.3, -0.25) is 9.78 Å². The Labute approximate surface area is 227 Å². The van der Waals surface area contributed by atoms with Crippen LogP contribution in [0.2, 0.25) is 10.0 Å². The van der Waals surface area contributed by atoms with Crippen molar-refractivity contribution in [3.63, 3.8) is 0 Å². The van der Waals surface area contributed by atoms with Crippen molar-refractivity contribution < 1.29 is 4.79 Å². The highest BCUT2D eigenvalue weighted by Gasteiger charge is 2.17. The normalized spacial score (nSPS) is 11.6. The number of nitrogens with one attached hydrogen (secondary N) is 2. The van der Waals surface area contributed by atoms with Crippen molar-refractivity contribution >= 4 is 34.9 Å². The Morgan fingerprint density at radius 1 is 0.919 bits per heavy atom. The highest BCUT2D eigenvalue weighted by Crippen LogP contribution is 2.27. The molecule has 0 aliphatic carbocycles. The van der Waals surface area contributed by atoms with Gasteiger partial charge in [-0.15, -0.1) is 0 Å². The lowest BCUT2D eigenvalue weighted by molar-refractivity contribution is -0.121. The summed E-state index contributed by atoms with van der Waals surface area (Å²) in [5, 5.41) is 7.45. The molecule has 0 saturated heterocycles. The second kappa shape index (κ2) is 13.2. The van der Waals surface area contributed by atoms with Crippen molar-refractivity contribution in [1.82, 2.24) is 20.3 Å². The molecule has 0 aliphatic rings. The first-order chi connectivity index (χ1) is 18.0. The van der Waals surface area contributed by atoms with E-state index < -0.39 is 0 Å². The summed E-state index contributed by atoms with van der Waals surface area (Å²) in [6.45, 7) is 2.23. The molecular formula is C29H29Cl2N5O. The van der Waals surface area contributed by atoms with Crippen LogP contribution in [0.1, 0.15) is 42.1 Å². The zero-order valence-electron chi connectivity index (χ0n) is 20.6. The summed E-state index contributed by atoms with van der Waals surface area (Å²) in [5.41, 5.74) is 3.51. The van der Waals surface area contributed by atoms with Crippen LogP contribution < -0.4 is 10.6 Å². The number of aromatic nitrogens is 3. The second-order valence-electron chi connectivity index (χ2n) is 8.76. The molecule has 2 aromatic carbocycles. The number of hydrogen-bond acceptors (Lipinski definition) is 5. The number of anilines is 1. The van der Waals surface area contributed by atoms with Crippen LogP contribution in [0.4, 0.5) is 5.82 Å². The molecule has 0 spiro atoms. The average molecular weight is 534 g/mol. The van der Waals surface area contributed by atoms with Gasteiger partial charge in [-0.1, -0.05) is 83.9 Å². The maximum atomic E-state index is 12.8. The minimum absolute atomic E-state index is 0.0136. The van der Waals surface area contributed by atoms with Gasteiger partial charge in [-0.2, -0.15) is 0 Å². The Morgan fingerprint density at radius 3 is 2.35 bits per heavy atom. The molecule has 0 bridgehead atoms. The molecule has 0 radical (unpaired) electrons. The highest BCUT2D eigenvalue weighted by atomic mass is 35.5. The lowest BCUT2D eigenvalue weighted by Gasteiger charge is -2.21. The van der Waals surface area contributed by atoms with E-state index in [1.165, 1.54) is 5.56 Å². The van der Waals surface area contributed by atoms with E-state index in [0.717, 1.165) is 24.8 Å². The van der Waals surface area contributed by atoms with E-state index in [0.29, 0.717) is 46.0 Å². The summed E-state index contributed by atoms with van der Waals surface area (Å²) in [5.74, 6) is 0.943. The van der Waals surface area contributed by atoms with Gasteiger partial charge in [0.15, 0.2) is 5.82 Å². The first-order valence-corrected chi connectivity index (χ1v) is 13.0. The number of pyridine rings is 1. The summed E-state index contributed by atoms with van der Waals surface area (Å²) in [6, 6.07) is 23.4. The lowest BCUT2D eigenvalue weighted by atomic mass is 10.1. The maximum absolute atomic E-state index is 12.8. The van der Waals surface area contributed by atoms with Crippen LogP contribution in [0.3, 0.4) is 0 Å². The van der Waals surface area contributed by atoms with Crippen molar-refractivity contribution in [2.24, 2.45) is 0 Å². The quantitative estimate of drug-likeness (QED) is 0.206. The topological polar surface area (TPSA) is 79.8 Å². The van der Waals surface area contributed by atoms with Crippen LogP contribution in [0.15, 0.2) is 79.0 Å². The fraction of sp³-hybridized carbons (Fsp3) is 0.241. The van der Waals surface area contributed by atoms with Crippen molar-refractivity contribution in [3.8, 4) is 11.5 Å². The van der Waals surface area contributed by atoms with Gasteiger partial charge in [0, 0.05) is 19.2 Å². The summed E-state index contributed by atoms with van der Waals surface area (Å²) in [7, 11) is 0. The Morgan fingerprint density at radius 2 is 1.65 bits per heavy atom. The first kappa shape index (κ1) is 26.6. The molecule has 4 aromatic rings. The maximum Gasteiger partial charge on any atom is 0.220 e. The van der Waals surface area contributed by atoms with E-state index >= 15 is 0 Å². The molecule has 2 heterocycles. The predicted molar refractivity (Wildman–Crippen MR) is 150 cm³/mol. The number of aryl methyl sites for hydroxylation is 2. The molecule has 190 valence electrons. The van der Waals surface area contributed by atoms with Gasteiger partial charge >= 0.3 is 0 Å². The SMILES string of the molecule is Cc1nc(-c2ccc(Cl)cn2)nc(NC[C@H](NC(=O)CCCCc2ccccc2)c2ccccc2)c1Cl. The summed E-state index contributed by atoms with van der Waals surface area (Å²) in [4.78, 5) is 26.2. The largest absolute Gasteiger partial charge is 0.366 e. The van der Waals surface area contributed by atoms with Gasteiger partial charge in [-0.25, -0.2) is 9.97 Å². The minimum atomic E-state index is -0.258. The third-order valence-corrected chi connectivity index (χ3v) is 6.62. The molecule has 4 rings (SSSR count). The Balaban J connectivity index is 1.41. The van der Waals surface area contributed by atoms with Crippen LogP contribution in [0.25, 0.3) is 11.5 Å². The van der Waals surface area contributed by atoms with E-state index in [1.54, 1.807) is 18.3 Å². The second-order valence-corrected chi connectivity index (χ2v) is 9.58. The molecular weight excluding hydrogens is 505 g/mol. The molecule has 0 aliphatic heterocycles. The monoisotopic (exact) mass is 533 g/mol. The number of amides is 1. The Bertz CT molecular complexity index is 1300. The molecule has 37 heavy (non-hydrogen) atoms. The van der Waals surface area contributed by atoms with Crippen molar-refractivity contribution in [2.75, 3.05) is 11.9 Å². The standard InChI is InChI=1S/C29H29Cl2N5O/c1-20-27(31)29(36-28(34-20)24-17-16-23(30)18-32-24)33-19-25(22-13-6-3-7-14-22)35-26(37)15-9-8-12-21-10-4-2-5-11-21/h2-7,10-11,13-14,16-18,25H,8-9,12,15,19H2,1H3,(H,35,37)(H,33,34,36)/t25-/m0/s1. The molecule has 8 heteroatoms. The fourth-order valence-corrected chi connectivity index (χ4v) is 4.22. The molecule has 6 nitrogen and oxygen atoms in total. The third-order valence-electron chi connectivity index (χ3n) is 5.95. The molecule has 0 unspecified atom stereocenters. The zero-order chi connectivity index (χ0) is 26.0. The Hall–Kier alpha value is -3.48. The van der Waals surface area contributed by atoms with E-state index in [9.17, 15) is 4.79 Å². The van der Waals surface area contributed by atoms with E-state index in [1.807, 2.05) is 55.5 Å². The van der Waals surface area contributed by atoms with Crippen molar-refractivity contribution in [2.45, 2.75) is 38.6 Å². The summed E-state index contributed by atoms with van der Waals surface area (Å²) in [6.07, 6.45) is 4.77. The summed E-state index contributed by atoms with van der Waals surface area (Å²) < 4.78 is 0. The van der Waals surface area contributed by atoms with Crippen molar-refractivity contribution in [3.05, 3.63) is 106 Å². The molecule has 1 atom stereocenters. The number of hydrogen-bond donors (Lipinski definition) is 2. The average Bonchev–Trinajstić information content (AvgIpc) is 2.92. The molecule has 2 N–H and O–H groups in total. The third kappa shape index (κ3) is 7.75. The Kier molecular flexibility index (Phi) is 9.46. The van der Waals surface area contributed by atoms with E-state index in [4.69, 9.17) is 23.2 Å². The number of halogens is 2. The van der Waals surface area contributed by atoms with Crippen LogP contribution in [-0.2, 0) is 11.2 Å². The molecule has 0 fully saturated rings. The summed E-state index contributed by atoms with van der Waals surface area (Å²) >= 11 is 12.5. The minimum Gasteiger partial charge on any atom is -0.366 e. The number of benzene rings is 2. The van der Waals surface area contributed by atoms with Crippen LogP contribution in [-0.4, -0.2) is 27.4 Å². The van der Waals surface area contributed by atoms with Crippen LogP contribution >= 0.6 is 23.2 Å². The first-order valence-electron chi connectivity index (χ1n) is 12.3. The number of carbonyl (C=O) groups excluding carboxylic acids is 1. The molecule has 0 saturated carbocycles. The van der Waals surface area contributed by atoms with Gasteiger partial charge in [0.25, 0.3) is 0 Å². The molecule has 1 amide bonds. The van der Waals surface area contributed by atoms with Gasteiger partial charge < -0.3 is 10.6 Å². The van der Waals surface area contributed by atoms with Gasteiger partial charge in [0.1, 0.15) is 16.5 Å².